The van der Waals surface area contributed by atoms with Crippen LogP contribution in [0.5, 0.6) is 0 Å². The summed E-state index contributed by atoms with van der Waals surface area (Å²) in [6.07, 6.45) is 33.8. The maximum absolute atomic E-state index is 3.88. The summed E-state index contributed by atoms with van der Waals surface area (Å²) in [5.41, 5.74) is 11.1. The number of fused-ring (bicyclic) bond motifs is 4. The zero-order valence-electron chi connectivity index (χ0n) is 26.2. The van der Waals surface area contributed by atoms with E-state index in [1.54, 1.807) is 0 Å². The molecule has 1 N–H and O–H groups in total. The van der Waals surface area contributed by atoms with Crippen LogP contribution in [0.25, 0.3) is 28.5 Å². The van der Waals surface area contributed by atoms with E-state index in [1.165, 1.54) is 84.8 Å². The van der Waals surface area contributed by atoms with E-state index in [0.29, 0.717) is 17.8 Å². The van der Waals surface area contributed by atoms with Gasteiger partial charge >= 0.3 is 0 Å². The number of allylic oxidation sites excluding steroid dienone is 10. The van der Waals surface area contributed by atoms with Crippen LogP contribution in [0, 0.1) is 17.8 Å². The molecule has 5 aliphatic carbocycles. The van der Waals surface area contributed by atoms with Crippen LogP contribution in [0.15, 0.2) is 151 Å². The van der Waals surface area contributed by atoms with E-state index in [0.717, 1.165) is 12.8 Å². The van der Waals surface area contributed by atoms with Gasteiger partial charge in [0.2, 0.25) is 0 Å². The number of benzene rings is 3. The smallest absolute Gasteiger partial charge is 0.0703 e. The summed E-state index contributed by atoms with van der Waals surface area (Å²) in [5, 5.41) is 9.42. The molecule has 0 bridgehead atoms. The quantitative estimate of drug-likeness (QED) is 0.346. The molecule has 6 aliphatic rings. The number of dihydropyridines is 1. The number of hydrogen-bond acceptors (Lipinski definition) is 1. The second-order valence-corrected chi connectivity index (χ2v) is 13.4. The van der Waals surface area contributed by atoms with E-state index in [-0.39, 0.29) is 6.04 Å². The molecule has 1 heteroatoms. The third-order valence-electron chi connectivity index (χ3n) is 10.9. The lowest BCUT2D eigenvalue weighted by molar-refractivity contribution is 0.554. The molecule has 9 rings (SSSR count). The van der Waals surface area contributed by atoms with Gasteiger partial charge in [-0.25, -0.2) is 0 Å². The van der Waals surface area contributed by atoms with Crippen molar-refractivity contribution >= 4 is 28.5 Å². The molecule has 224 valence electrons. The fourth-order valence-electron chi connectivity index (χ4n) is 8.75. The standard InChI is InChI=1S/C45H39N/c1-3-16-34-30(12-1)14-9-22-36(34)43-25-11-24-42(46-43)32-26-28-33(29-27-32)44-38-18-5-7-20-40(38)45(41-21-8-6-19-39(41)44)37-23-10-15-31-13-2-4-17-35(31)37/h2-9,11,13,15-22,24-30,38,40,43,46H,1,10,12,14,23H2. The number of nitrogens with one attached hydrogen (secondary N) is 1. The molecular weight excluding hydrogens is 555 g/mol. The average molecular weight is 594 g/mol. The third-order valence-corrected chi connectivity index (χ3v) is 10.9. The van der Waals surface area contributed by atoms with Gasteiger partial charge in [0, 0.05) is 17.5 Å². The predicted octanol–water partition coefficient (Wildman–Crippen LogP) is 6.93. The molecule has 4 unspecified atom stereocenters. The Morgan fingerprint density at radius 3 is 2.17 bits per heavy atom. The highest BCUT2D eigenvalue weighted by Gasteiger charge is 2.33. The lowest BCUT2D eigenvalue weighted by atomic mass is 9.69. The van der Waals surface area contributed by atoms with Crippen molar-refractivity contribution in [1.82, 2.24) is 5.32 Å². The summed E-state index contributed by atoms with van der Waals surface area (Å²) >= 11 is 0. The highest BCUT2D eigenvalue weighted by atomic mass is 14.9. The maximum Gasteiger partial charge on any atom is 0.0703 e. The summed E-state index contributed by atoms with van der Waals surface area (Å²) in [4.78, 5) is 0. The van der Waals surface area contributed by atoms with Gasteiger partial charge in [-0.2, -0.15) is 0 Å². The Morgan fingerprint density at radius 2 is 1.33 bits per heavy atom. The summed E-state index contributed by atoms with van der Waals surface area (Å²) in [5.74, 6) is 1.29. The minimum Gasteiger partial charge on any atom is -0.374 e. The average Bonchev–Trinajstić information content (AvgIpc) is 3.13. The van der Waals surface area contributed by atoms with Gasteiger partial charge in [0.15, 0.2) is 0 Å². The van der Waals surface area contributed by atoms with Crippen LogP contribution in [-0.2, 0) is 0 Å². The Morgan fingerprint density at radius 1 is 0.609 bits per heavy atom. The highest BCUT2D eigenvalue weighted by molar-refractivity contribution is 5.94. The Bertz CT molecular complexity index is 2210. The molecule has 3 aromatic carbocycles. The molecule has 0 radical (unpaired) electrons. The molecule has 0 saturated heterocycles. The van der Waals surface area contributed by atoms with Gasteiger partial charge < -0.3 is 5.32 Å². The maximum atomic E-state index is 3.88. The van der Waals surface area contributed by atoms with Crippen LogP contribution in [0.4, 0.5) is 0 Å². The molecule has 1 aliphatic heterocycles. The predicted molar refractivity (Wildman–Crippen MR) is 193 cm³/mol. The molecule has 46 heavy (non-hydrogen) atoms. The van der Waals surface area contributed by atoms with Crippen molar-refractivity contribution in [2.45, 2.75) is 38.1 Å². The van der Waals surface area contributed by atoms with E-state index in [4.69, 9.17) is 0 Å². The fraction of sp³-hybridized carbons (Fsp3) is 0.200. The van der Waals surface area contributed by atoms with E-state index in [1.807, 2.05) is 0 Å². The molecule has 1 nitrogen and oxygen atoms in total. The van der Waals surface area contributed by atoms with Gasteiger partial charge in [-0.1, -0.05) is 140 Å². The van der Waals surface area contributed by atoms with E-state index >= 15 is 0 Å². The zero-order valence-corrected chi connectivity index (χ0v) is 26.2. The van der Waals surface area contributed by atoms with Gasteiger partial charge in [0.25, 0.3) is 0 Å². The van der Waals surface area contributed by atoms with Crippen LogP contribution in [0.1, 0.15) is 43.2 Å². The highest BCUT2D eigenvalue weighted by Crippen LogP contribution is 2.42. The van der Waals surface area contributed by atoms with Crippen molar-refractivity contribution < 1.29 is 0 Å². The van der Waals surface area contributed by atoms with Crippen molar-refractivity contribution in [2.24, 2.45) is 17.8 Å². The molecule has 0 amide bonds. The molecule has 0 fully saturated rings. The minimum atomic E-state index is 0.199. The Kier molecular flexibility index (Phi) is 6.85. The van der Waals surface area contributed by atoms with Crippen LogP contribution < -0.4 is 26.2 Å². The van der Waals surface area contributed by atoms with Crippen LogP contribution >= 0.6 is 0 Å². The molecule has 4 atom stereocenters. The summed E-state index contributed by atoms with van der Waals surface area (Å²) in [6.45, 7) is 0. The monoisotopic (exact) mass is 593 g/mol. The van der Waals surface area contributed by atoms with Gasteiger partial charge in [0.05, 0.1) is 6.04 Å². The van der Waals surface area contributed by atoms with Crippen molar-refractivity contribution in [1.29, 1.82) is 0 Å². The van der Waals surface area contributed by atoms with E-state index in [9.17, 15) is 0 Å². The number of rotatable bonds is 4. The third kappa shape index (κ3) is 4.60. The van der Waals surface area contributed by atoms with Crippen LogP contribution in [-0.4, -0.2) is 6.04 Å². The topological polar surface area (TPSA) is 12.0 Å². The minimum absolute atomic E-state index is 0.199. The van der Waals surface area contributed by atoms with Crippen molar-refractivity contribution in [3.8, 4) is 0 Å². The Labute approximate surface area is 271 Å². The first-order valence-electron chi connectivity index (χ1n) is 17.1. The zero-order chi connectivity index (χ0) is 30.5. The van der Waals surface area contributed by atoms with Crippen LogP contribution in [0.3, 0.4) is 0 Å². The summed E-state index contributed by atoms with van der Waals surface area (Å²) < 4.78 is 0. The van der Waals surface area contributed by atoms with Gasteiger partial charge in [0.1, 0.15) is 0 Å². The Hall–Kier alpha value is -4.88. The van der Waals surface area contributed by atoms with E-state index in [2.05, 4.69) is 151 Å². The number of hydrogen-bond donors (Lipinski definition) is 1. The first-order valence-corrected chi connectivity index (χ1v) is 17.1. The molecule has 1 heterocycles. The molecule has 3 aromatic rings. The largest absolute Gasteiger partial charge is 0.374 e. The molecule has 0 aromatic heterocycles. The second kappa shape index (κ2) is 11.5. The Balaban J connectivity index is 1.13. The van der Waals surface area contributed by atoms with Crippen molar-refractivity contribution in [3.63, 3.8) is 0 Å². The molecule has 0 spiro atoms. The molecular formula is C45H39N. The lowest BCUT2D eigenvalue weighted by Crippen LogP contribution is -2.42. The lowest BCUT2D eigenvalue weighted by Gasteiger charge is -2.34. The second-order valence-electron chi connectivity index (χ2n) is 13.4. The summed E-state index contributed by atoms with van der Waals surface area (Å²) in [7, 11) is 0. The SMILES string of the molecule is C1=CC(C2=C3C=CCCC3CC=C2)NC(c2ccc(C3=c4ccccc4=C(C4=c5ccccc5=CCC4)C4C=CC=CC34)cc2)=C1. The van der Waals surface area contributed by atoms with Crippen molar-refractivity contribution in [3.05, 3.63) is 183 Å². The van der Waals surface area contributed by atoms with Crippen LogP contribution in [0.2, 0.25) is 0 Å². The van der Waals surface area contributed by atoms with Gasteiger partial charge in [-0.15, -0.1) is 0 Å². The van der Waals surface area contributed by atoms with E-state index < -0.39 is 0 Å². The molecule has 0 saturated carbocycles. The van der Waals surface area contributed by atoms with Gasteiger partial charge in [-0.3, -0.25) is 0 Å². The first kappa shape index (κ1) is 27.4. The summed E-state index contributed by atoms with van der Waals surface area (Å²) in [6, 6.07) is 27.6. The van der Waals surface area contributed by atoms with Gasteiger partial charge in [-0.05, 0) is 104 Å². The van der Waals surface area contributed by atoms with Crippen molar-refractivity contribution in [2.75, 3.05) is 0 Å². The first-order chi connectivity index (χ1) is 22.8. The normalized spacial score (nSPS) is 25.7. The fourth-order valence-corrected chi connectivity index (χ4v) is 8.75.